The maximum Gasteiger partial charge on any atom is 0.285 e. The van der Waals surface area contributed by atoms with Crippen LogP contribution in [-0.4, -0.2) is 6.54 Å². The van der Waals surface area contributed by atoms with Gasteiger partial charge in [-0.1, -0.05) is 37.1 Å². The Bertz CT molecular complexity index is 415. The highest BCUT2D eigenvalue weighted by molar-refractivity contribution is 5.33. The highest BCUT2D eigenvalue weighted by atomic mass is 19.3. The summed E-state index contributed by atoms with van der Waals surface area (Å²) in [6.07, 6.45) is 5.30. The first-order chi connectivity index (χ1) is 8.63. The van der Waals surface area contributed by atoms with Crippen LogP contribution < -0.4 is 5.73 Å². The predicted molar refractivity (Wildman–Crippen MR) is 67.6 cm³/mol. The van der Waals surface area contributed by atoms with Gasteiger partial charge in [-0.2, -0.15) is 8.78 Å². The highest BCUT2D eigenvalue weighted by Gasteiger charge is 2.51. The molecule has 0 heterocycles. The van der Waals surface area contributed by atoms with E-state index in [2.05, 4.69) is 0 Å². The molecule has 3 rings (SSSR count). The summed E-state index contributed by atoms with van der Waals surface area (Å²) in [5.74, 6) is -0.623. The van der Waals surface area contributed by atoms with E-state index in [4.69, 9.17) is 5.73 Å². The molecule has 0 spiro atoms. The first-order valence-corrected chi connectivity index (χ1v) is 6.82. The van der Waals surface area contributed by atoms with Crippen LogP contribution in [0.5, 0.6) is 0 Å². The molecule has 3 heteroatoms. The number of benzene rings is 1. The van der Waals surface area contributed by atoms with Gasteiger partial charge in [0.05, 0.1) is 6.54 Å². The van der Waals surface area contributed by atoms with Crippen molar-refractivity contribution in [3.05, 3.63) is 35.4 Å². The molecule has 2 aliphatic rings. The molecule has 2 fully saturated rings. The van der Waals surface area contributed by atoms with Gasteiger partial charge in [-0.25, -0.2) is 0 Å². The fourth-order valence-corrected chi connectivity index (χ4v) is 3.55. The molecule has 0 bridgehead atoms. The topological polar surface area (TPSA) is 26.0 Å². The van der Waals surface area contributed by atoms with E-state index in [-0.39, 0.29) is 5.56 Å². The van der Waals surface area contributed by atoms with Gasteiger partial charge >= 0.3 is 0 Å². The summed E-state index contributed by atoms with van der Waals surface area (Å²) >= 11 is 0. The minimum absolute atomic E-state index is 0.0392. The van der Waals surface area contributed by atoms with Crippen LogP contribution >= 0.6 is 0 Å². The molecule has 0 saturated heterocycles. The molecule has 0 aliphatic heterocycles. The second-order valence-electron chi connectivity index (χ2n) is 5.67. The summed E-state index contributed by atoms with van der Waals surface area (Å²) in [4.78, 5) is 0. The van der Waals surface area contributed by atoms with Crippen LogP contribution in [0.4, 0.5) is 8.78 Å². The predicted octanol–water partition coefficient (Wildman–Crippen LogP) is 3.64. The third kappa shape index (κ3) is 1.95. The molecule has 2 aliphatic carbocycles. The summed E-state index contributed by atoms with van der Waals surface area (Å²) in [6, 6.07) is 6.85. The summed E-state index contributed by atoms with van der Waals surface area (Å²) in [5, 5.41) is 0. The molecule has 0 amide bonds. The van der Waals surface area contributed by atoms with E-state index in [1.54, 1.807) is 12.1 Å². The van der Waals surface area contributed by atoms with Crippen molar-refractivity contribution in [3.63, 3.8) is 0 Å². The molecule has 1 unspecified atom stereocenters. The smallest absolute Gasteiger partial charge is 0.285 e. The lowest BCUT2D eigenvalue weighted by Gasteiger charge is -2.14. The van der Waals surface area contributed by atoms with E-state index < -0.39 is 12.5 Å². The zero-order chi connectivity index (χ0) is 12.8. The Morgan fingerprint density at radius 3 is 2.11 bits per heavy atom. The fourth-order valence-electron chi connectivity index (χ4n) is 3.55. The van der Waals surface area contributed by atoms with Crippen LogP contribution in [0.3, 0.4) is 0 Å². The second kappa shape index (κ2) is 4.30. The van der Waals surface area contributed by atoms with Gasteiger partial charge in [0.2, 0.25) is 0 Å². The van der Waals surface area contributed by atoms with Gasteiger partial charge in [-0.05, 0) is 36.2 Å². The average molecular weight is 251 g/mol. The Balaban J connectivity index is 1.76. The van der Waals surface area contributed by atoms with Crippen LogP contribution in [0, 0.1) is 11.8 Å². The summed E-state index contributed by atoms with van der Waals surface area (Å²) in [6.45, 7) is -0.624. The lowest BCUT2D eigenvalue weighted by Crippen LogP contribution is -2.24. The van der Waals surface area contributed by atoms with Crippen LogP contribution in [-0.2, 0) is 5.92 Å². The molecule has 0 radical (unpaired) electrons. The summed E-state index contributed by atoms with van der Waals surface area (Å²) < 4.78 is 26.8. The zero-order valence-electron chi connectivity index (χ0n) is 10.4. The quantitative estimate of drug-likeness (QED) is 0.872. The lowest BCUT2D eigenvalue weighted by atomic mass is 10.0. The molecule has 98 valence electrons. The van der Waals surface area contributed by atoms with Crippen molar-refractivity contribution in [2.75, 3.05) is 6.54 Å². The number of hydrogen-bond acceptors (Lipinski definition) is 1. The Labute approximate surface area is 106 Å². The molecule has 1 nitrogen and oxygen atoms in total. The Kier molecular flexibility index (Phi) is 2.89. The summed E-state index contributed by atoms with van der Waals surface area (Å²) in [7, 11) is 0. The molecule has 1 aromatic rings. The molecule has 1 aromatic carbocycles. The number of alkyl halides is 2. The normalized spacial score (nSPS) is 30.9. The Morgan fingerprint density at radius 1 is 1.06 bits per heavy atom. The van der Waals surface area contributed by atoms with E-state index >= 15 is 0 Å². The number of hydrogen-bond donors (Lipinski definition) is 1. The fraction of sp³-hybridized carbons (Fsp3) is 0.600. The number of nitrogens with two attached hydrogens (primary N) is 1. The monoisotopic (exact) mass is 251 g/mol. The lowest BCUT2D eigenvalue weighted by molar-refractivity contribution is 0.00594. The van der Waals surface area contributed by atoms with Crippen molar-refractivity contribution in [1.82, 2.24) is 0 Å². The van der Waals surface area contributed by atoms with Crippen molar-refractivity contribution in [3.8, 4) is 0 Å². The van der Waals surface area contributed by atoms with E-state index in [1.807, 2.05) is 12.1 Å². The van der Waals surface area contributed by atoms with Crippen molar-refractivity contribution in [2.45, 2.75) is 37.5 Å². The Hall–Kier alpha value is -0.960. The second-order valence-corrected chi connectivity index (χ2v) is 5.67. The van der Waals surface area contributed by atoms with Crippen molar-refractivity contribution in [2.24, 2.45) is 17.6 Å². The molecular formula is C15H19F2N. The van der Waals surface area contributed by atoms with Gasteiger partial charge in [-0.15, -0.1) is 0 Å². The third-order valence-corrected chi connectivity index (χ3v) is 4.63. The van der Waals surface area contributed by atoms with E-state index in [1.165, 1.54) is 31.2 Å². The Morgan fingerprint density at radius 2 is 1.61 bits per heavy atom. The largest absolute Gasteiger partial charge is 0.325 e. The molecule has 3 atom stereocenters. The minimum Gasteiger partial charge on any atom is -0.325 e. The van der Waals surface area contributed by atoms with Gasteiger partial charge in [0.15, 0.2) is 0 Å². The minimum atomic E-state index is -2.89. The van der Waals surface area contributed by atoms with Crippen LogP contribution in [0.25, 0.3) is 0 Å². The average Bonchev–Trinajstić information content (AvgIpc) is 3.13. The first kappa shape index (κ1) is 12.1. The van der Waals surface area contributed by atoms with Gasteiger partial charge in [0, 0.05) is 5.56 Å². The highest BCUT2D eigenvalue weighted by Crippen LogP contribution is 2.61. The maximum absolute atomic E-state index is 13.4. The van der Waals surface area contributed by atoms with Gasteiger partial charge < -0.3 is 5.73 Å². The van der Waals surface area contributed by atoms with Gasteiger partial charge in [-0.3, -0.25) is 0 Å². The number of halogens is 2. The van der Waals surface area contributed by atoms with Crippen LogP contribution in [0.2, 0.25) is 0 Å². The number of rotatable bonds is 3. The van der Waals surface area contributed by atoms with Gasteiger partial charge in [0.25, 0.3) is 5.92 Å². The summed E-state index contributed by atoms with van der Waals surface area (Å²) in [5.41, 5.74) is 6.37. The van der Waals surface area contributed by atoms with E-state index in [0.717, 1.165) is 11.8 Å². The first-order valence-electron chi connectivity index (χ1n) is 6.82. The SMILES string of the molecule is NCC(F)(F)c1ccc(C2[C@H]3CCCC[C@@H]23)cc1. The van der Waals surface area contributed by atoms with Crippen LogP contribution in [0.15, 0.2) is 24.3 Å². The maximum atomic E-state index is 13.4. The molecule has 18 heavy (non-hydrogen) atoms. The standard InChI is InChI=1S/C15H19F2N/c16-15(17,9-18)11-7-5-10(6-8-11)14-12-3-1-2-4-13(12)14/h5-8,12-14H,1-4,9,18H2/t12-,13+,14?. The van der Waals surface area contributed by atoms with Crippen molar-refractivity contribution < 1.29 is 8.78 Å². The van der Waals surface area contributed by atoms with Crippen molar-refractivity contribution in [1.29, 1.82) is 0 Å². The van der Waals surface area contributed by atoms with E-state index in [9.17, 15) is 8.78 Å². The van der Waals surface area contributed by atoms with Crippen molar-refractivity contribution >= 4 is 0 Å². The third-order valence-electron chi connectivity index (χ3n) is 4.63. The van der Waals surface area contributed by atoms with Gasteiger partial charge in [0.1, 0.15) is 0 Å². The van der Waals surface area contributed by atoms with E-state index in [0.29, 0.717) is 5.92 Å². The molecular weight excluding hydrogens is 232 g/mol. The molecule has 2 saturated carbocycles. The molecule has 2 N–H and O–H groups in total. The molecule has 0 aromatic heterocycles. The number of fused-ring (bicyclic) bond motifs is 1. The van der Waals surface area contributed by atoms with Crippen LogP contribution in [0.1, 0.15) is 42.7 Å². The zero-order valence-corrected chi connectivity index (χ0v) is 10.4.